The zero-order chi connectivity index (χ0) is 22.5. The highest BCUT2D eigenvalue weighted by molar-refractivity contribution is 7.88. The fourth-order valence-corrected chi connectivity index (χ4v) is 5.60. The van der Waals surface area contributed by atoms with Gasteiger partial charge in [-0.2, -0.15) is 13.9 Å². The number of hydrazone groups is 1. The lowest BCUT2D eigenvalue weighted by Gasteiger charge is -2.50. The normalized spacial score (nSPS) is 22.3. The summed E-state index contributed by atoms with van der Waals surface area (Å²) < 4.78 is 61.8. The van der Waals surface area contributed by atoms with Crippen molar-refractivity contribution in [2.45, 2.75) is 37.6 Å². The molecule has 32 heavy (non-hydrogen) atoms. The molecule has 5 rings (SSSR count). The van der Waals surface area contributed by atoms with Crippen LogP contribution in [0.15, 0.2) is 53.6 Å². The van der Waals surface area contributed by atoms with Gasteiger partial charge in [-0.15, -0.1) is 0 Å². The van der Waals surface area contributed by atoms with Gasteiger partial charge in [0.15, 0.2) is 0 Å². The van der Waals surface area contributed by atoms with Crippen molar-refractivity contribution in [1.82, 2.24) is 9.31 Å². The number of piperidine rings is 1. The number of hydrogen-bond donors (Lipinski definition) is 0. The Balaban J connectivity index is 1.50. The molecule has 1 spiro atoms. The highest BCUT2D eigenvalue weighted by Gasteiger charge is 2.52. The predicted molar refractivity (Wildman–Crippen MR) is 114 cm³/mol. The number of nitrogens with zero attached hydrogens (tertiary/aromatic N) is 3. The summed E-state index contributed by atoms with van der Waals surface area (Å²) in [6.45, 7) is -2.22. The third-order valence-electron chi connectivity index (χ3n) is 6.27. The van der Waals surface area contributed by atoms with Crippen LogP contribution >= 0.6 is 0 Å². The van der Waals surface area contributed by atoms with Crippen molar-refractivity contribution in [3.8, 4) is 11.5 Å². The number of rotatable bonds is 4. The van der Waals surface area contributed by atoms with E-state index in [0.717, 1.165) is 17.0 Å². The molecule has 7 nitrogen and oxygen atoms in total. The van der Waals surface area contributed by atoms with Crippen LogP contribution in [0.2, 0.25) is 0 Å². The van der Waals surface area contributed by atoms with Gasteiger partial charge < -0.3 is 9.47 Å². The molecule has 0 aromatic heterocycles. The van der Waals surface area contributed by atoms with E-state index < -0.39 is 22.4 Å². The average molecular weight is 464 g/mol. The predicted octanol–water partition coefficient (Wildman–Crippen LogP) is 3.58. The Bertz CT molecular complexity index is 1160. The highest BCUT2D eigenvalue weighted by Crippen LogP contribution is 2.50. The molecule has 3 aliphatic heterocycles. The van der Waals surface area contributed by atoms with Gasteiger partial charge >= 0.3 is 6.61 Å². The van der Waals surface area contributed by atoms with Gasteiger partial charge in [-0.1, -0.05) is 30.3 Å². The largest absolute Gasteiger partial charge is 0.466 e. The lowest BCUT2D eigenvalue weighted by molar-refractivity contribution is -0.143. The van der Waals surface area contributed by atoms with Gasteiger partial charge in [-0.3, -0.25) is 0 Å². The first-order chi connectivity index (χ1) is 15.2. The van der Waals surface area contributed by atoms with Crippen LogP contribution in [-0.2, 0) is 10.0 Å². The van der Waals surface area contributed by atoms with Crippen LogP contribution in [0.3, 0.4) is 0 Å². The molecule has 2 aromatic rings. The minimum Gasteiger partial charge on any atom is -0.466 e. The summed E-state index contributed by atoms with van der Waals surface area (Å²) in [4.78, 5) is 0. The van der Waals surface area contributed by atoms with Crippen molar-refractivity contribution in [3.05, 3.63) is 59.7 Å². The Labute approximate surface area is 185 Å². The SMILES string of the molecule is CS(=O)(=O)N1CCC2(CC1)Oc1ccccc1C1CC(c3cccc(OC(F)F)c3)=NN12. The molecular formula is C22H23F2N3O4S. The van der Waals surface area contributed by atoms with E-state index in [9.17, 15) is 17.2 Å². The van der Waals surface area contributed by atoms with Gasteiger partial charge in [0.05, 0.1) is 18.0 Å². The van der Waals surface area contributed by atoms with Crippen LogP contribution in [0, 0.1) is 0 Å². The van der Waals surface area contributed by atoms with Crippen molar-refractivity contribution >= 4 is 15.7 Å². The zero-order valence-corrected chi connectivity index (χ0v) is 18.3. The van der Waals surface area contributed by atoms with E-state index in [4.69, 9.17) is 9.84 Å². The Kier molecular flexibility index (Phi) is 5.09. The summed E-state index contributed by atoms with van der Waals surface area (Å²) in [6, 6.07) is 14.2. The third-order valence-corrected chi connectivity index (χ3v) is 7.57. The van der Waals surface area contributed by atoms with Gasteiger partial charge in [-0.05, 0) is 18.2 Å². The molecule has 0 amide bonds. The van der Waals surface area contributed by atoms with Crippen LogP contribution in [0.5, 0.6) is 11.5 Å². The number of fused-ring (bicyclic) bond motifs is 4. The maximum atomic E-state index is 12.7. The number of alkyl halides is 2. The van der Waals surface area contributed by atoms with Gasteiger partial charge in [0, 0.05) is 43.5 Å². The third kappa shape index (κ3) is 3.71. The lowest BCUT2D eigenvalue weighted by Crippen LogP contribution is -2.59. The summed E-state index contributed by atoms with van der Waals surface area (Å²) in [5.41, 5.74) is 1.69. The Morgan fingerprint density at radius 1 is 1.16 bits per heavy atom. The summed E-state index contributed by atoms with van der Waals surface area (Å²) in [5.74, 6) is 0.852. The second-order valence-corrected chi connectivity index (χ2v) is 10.2. The van der Waals surface area contributed by atoms with E-state index >= 15 is 0 Å². The number of sulfonamides is 1. The molecular weight excluding hydrogens is 440 g/mol. The molecule has 2 aromatic carbocycles. The number of ether oxygens (including phenoxy) is 2. The van der Waals surface area contributed by atoms with Crippen molar-refractivity contribution in [1.29, 1.82) is 0 Å². The second-order valence-electron chi connectivity index (χ2n) is 8.27. The van der Waals surface area contributed by atoms with Crippen molar-refractivity contribution < 1.29 is 26.7 Å². The maximum absolute atomic E-state index is 12.7. The number of para-hydroxylation sites is 1. The van der Waals surface area contributed by atoms with Crippen molar-refractivity contribution in [2.24, 2.45) is 5.10 Å². The fourth-order valence-electron chi connectivity index (χ4n) is 4.75. The standard InChI is InChI=1S/C22H23F2N3O4S/c1-32(28,29)26-11-9-22(10-12-26)27-19(17-7-2-3-8-20(17)31-22)14-18(25-27)15-5-4-6-16(13-15)30-21(23)24/h2-8,13,19,21H,9-12,14H2,1H3. The van der Waals surface area contributed by atoms with Gasteiger partial charge in [0.25, 0.3) is 0 Å². The molecule has 0 aliphatic carbocycles. The molecule has 1 saturated heterocycles. The fraction of sp³-hybridized carbons (Fsp3) is 0.409. The zero-order valence-electron chi connectivity index (χ0n) is 17.4. The molecule has 0 radical (unpaired) electrons. The summed E-state index contributed by atoms with van der Waals surface area (Å²) >= 11 is 0. The first-order valence-corrected chi connectivity index (χ1v) is 12.3. The molecule has 1 unspecified atom stereocenters. The average Bonchev–Trinajstić information content (AvgIpc) is 3.20. The maximum Gasteiger partial charge on any atom is 0.387 e. The minimum absolute atomic E-state index is 0.0814. The molecule has 170 valence electrons. The van der Waals surface area contributed by atoms with Crippen molar-refractivity contribution in [3.63, 3.8) is 0 Å². The smallest absolute Gasteiger partial charge is 0.387 e. The van der Waals surface area contributed by atoms with Crippen LogP contribution in [0.1, 0.15) is 36.4 Å². The van der Waals surface area contributed by atoms with Crippen LogP contribution in [0.25, 0.3) is 0 Å². The van der Waals surface area contributed by atoms with E-state index in [0.29, 0.717) is 37.9 Å². The first-order valence-electron chi connectivity index (χ1n) is 10.4. The summed E-state index contributed by atoms with van der Waals surface area (Å²) in [7, 11) is -3.28. The van der Waals surface area contributed by atoms with Crippen molar-refractivity contribution in [2.75, 3.05) is 19.3 Å². The second kappa shape index (κ2) is 7.70. The highest BCUT2D eigenvalue weighted by atomic mass is 32.2. The molecule has 1 atom stereocenters. The molecule has 0 saturated carbocycles. The van der Waals surface area contributed by atoms with Gasteiger partial charge in [-0.25, -0.2) is 17.7 Å². The first kappa shape index (κ1) is 21.1. The Morgan fingerprint density at radius 3 is 2.62 bits per heavy atom. The molecule has 0 N–H and O–H groups in total. The summed E-state index contributed by atoms with van der Waals surface area (Å²) in [6.07, 6.45) is 2.73. The van der Waals surface area contributed by atoms with Gasteiger partial charge in [0.1, 0.15) is 11.5 Å². The van der Waals surface area contributed by atoms with Gasteiger partial charge in [0.2, 0.25) is 15.7 Å². The van der Waals surface area contributed by atoms with E-state index in [1.807, 2.05) is 35.3 Å². The quantitative estimate of drug-likeness (QED) is 0.693. The number of benzene rings is 2. The van der Waals surface area contributed by atoms with E-state index in [1.54, 1.807) is 12.1 Å². The van der Waals surface area contributed by atoms with E-state index in [1.165, 1.54) is 16.6 Å². The molecule has 0 bridgehead atoms. The molecule has 3 heterocycles. The number of hydrogen-bond acceptors (Lipinski definition) is 6. The summed E-state index contributed by atoms with van der Waals surface area (Å²) in [5, 5.41) is 6.83. The van der Waals surface area contributed by atoms with Crippen LogP contribution in [0.4, 0.5) is 8.78 Å². The molecule has 1 fully saturated rings. The van der Waals surface area contributed by atoms with Crippen LogP contribution < -0.4 is 9.47 Å². The van der Waals surface area contributed by atoms with E-state index in [2.05, 4.69) is 4.74 Å². The topological polar surface area (TPSA) is 71.4 Å². The minimum atomic E-state index is -3.28. The lowest BCUT2D eigenvalue weighted by atomic mass is 9.91. The Hall–Kier alpha value is -2.72. The monoisotopic (exact) mass is 463 g/mol. The molecule has 10 heteroatoms. The Morgan fingerprint density at radius 2 is 1.91 bits per heavy atom. The number of halogens is 2. The molecule has 3 aliphatic rings. The van der Waals surface area contributed by atoms with Crippen LogP contribution in [-0.4, -0.2) is 55.1 Å². The van der Waals surface area contributed by atoms with E-state index in [-0.39, 0.29) is 11.8 Å².